The summed E-state index contributed by atoms with van der Waals surface area (Å²) in [4.78, 5) is 10.3. The molecule has 0 amide bonds. The number of nitrogens with zero attached hydrogens (tertiary/aromatic N) is 3. The molecule has 0 aromatic rings. The van der Waals surface area contributed by atoms with Crippen LogP contribution in [-0.4, -0.2) is 88.3 Å². The van der Waals surface area contributed by atoms with Gasteiger partial charge in [0.1, 0.15) is 6.67 Å². The Hall–Kier alpha value is 0.576. The van der Waals surface area contributed by atoms with Crippen molar-refractivity contribution in [3.8, 4) is 0 Å². The first-order chi connectivity index (χ1) is 5.24. The normalized spacial score (nSPS) is 15.7. The van der Waals surface area contributed by atoms with Gasteiger partial charge in [-0.1, -0.05) is 0 Å². The summed E-state index contributed by atoms with van der Waals surface area (Å²) in [6, 6.07) is 0.473. The van der Waals surface area contributed by atoms with E-state index in [4.69, 9.17) is 0 Å². The number of hydrogen-bond donors (Lipinski definition) is 1. The zero-order valence-electron chi connectivity index (χ0n) is 7.20. The molecule has 12 heavy (non-hydrogen) atoms. The maximum absolute atomic E-state index is 4.18. The average molecular weight is 194 g/mol. The van der Waals surface area contributed by atoms with Gasteiger partial charge in [0.2, 0.25) is 5.96 Å². The maximum atomic E-state index is 4.18. The Morgan fingerprint density at radius 2 is 2.25 bits per heavy atom. The molecule has 1 aliphatic rings. The van der Waals surface area contributed by atoms with Crippen LogP contribution in [0.5, 0.6) is 0 Å². The molecule has 1 aliphatic heterocycles. The second-order valence-electron chi connectivity index (χ2n) is 2.73. The molecular formula is C7H15KN4. The van der Waals surface area contributed by atoms with Crippen LogP contribution in [0.2, 0.25) is 0 Å². The van der Waals surface area contributed by atoms with Gasteiger partial charge in [0.05, 0.1) is 6.34 Å². The number of nitrogens with one attached hydrogen (secondary N) is 1. The van der Waals surface area contributed by atoms with E-state index in [1.54, 1.807) is 0 Å². The summed E-state index contributed by atoms with van der Waals surface area (Å²) in [7, 11) is 1.82. The van der Waals surface area contributed by atoms with Gasteiger partial charge in [0, 0.05) is 13.1 Å². The van der Waals surface area contributed by atoms with Crippen molar-refractivity contribution in [2.24, 2.45) is 9.98 Å². The third-order valence-electron chi connectivity index (χ3n) is 1.60. The molecule has 64 valence electrons. The Bertz CT molecular complexity index is 188. The fourth-order valence-electron chi connectivity index (χ4n) is 0.795. The summed E-state index contributed by atoms with van der Waals surface area (Å²) < 4.78 is 0. The van der Waals surface area contributed by atoms with E-state index in [-0.39, 0.29) is 51.4 Å². The molecule has 0 saturated heterocycles. The first-order valence-electron chi connectivity index (χ1n) is 3.76. The van der Waals surface area contributed by atoms with E-state index in [9.17, 15) is 0 Å². The van der Waals surface area contributed by atoms with Crippen LogP contribution in [0.3, 0.4) is 0 Å². The van der Waals surface area contributed by atoms with Crippen molar-refractivity contribution in [3.63, 3.8) is 0 Å². The van der Waals surface area contributed by atoms with Crippen molar-refractivity contribution >= 4 is 63.7 Å². The van der Waals surface area contributed by atoms with Crippen molar-refractivity contribution in [2.45, 2.75) is 19.9 Å². The minimum absolute atomic E-state index is 0. The second kappa shape index (κ2) is 6.09. The van der Waals surface area contributed by atoms with Crippen LogP contribution >= 0.6 is 0 Å². The topological polar surface area (TPSA) is 40.0 Å². The summed E-state index contributed by atoms with van der Waals surface area (Å²) in [5.74, 6) is 0.710. The molecular weight excluding hydrogens is 179 g/mol. The second-order valence-corrected chi connectivity index (χ2v) is 2.73. The predicted octanol–water partition coefficient (Wildman–Crippen LogP) is -0.377. The summed E-state index contributed by atoms with van der Waals surface area (Å²) >= 11 is 0. The van der Waals surface area contributed by atoms with Gasteiger partial charge in [-0.05, 0) is 13.8 Å². The van der Waals surface area contributed by atoms with Crippen molar-refractivity contribution in [3.05, 3.63) is 0 Å². The quantitative estimate of drug-likeness (QED) is 0.578. The standard InChI is InChI=1S/C7H14N4.K.H/c1-6(2)11-4-9-7(8-3)10-5-11;;/h4,6H,5H2,1-3H3,(H,8,10);;. The van der Waals surface area contributed by atoms with E-state index < -0.39 is 0 Å². The summed E-state index contributed by atoms with van der Waals surface area (Å²) in [5, 5.41) is 2.89. The monoisotopic (exact) mass is 194 g/mol. The van der Waals surface area contributed by atoms with Crippen LogP contribution in [-0.2, 0) is 0 Å². The van der Waals surface area contributed by atoms with Gasteiger partial charge in [0.25, 0.3) is 0 Å². The van der Waals surface area contributed by atoms with Gasteiger partial charge in [-0.15, -0.1) is 0 Å². The van der Waals surface area contributed by atoms with Crippen LogP contribution in [0.1, 0.15) is 13.8 Å². The molecule has 0 aliphatic carbocycles. The minimum atomic E-state index is 0. The van der Waals surface area contributed by atoms with E-state index >= 15 is 0 Å². The number of aliphatic imine (C=N–C) groups is 2. The van der Waals surface area contributed by atoms with Crippen LogP contribution in [0.25, 0.3) is 0 Å². The summed E-state index contributed by atoms with van der Waals surface area (Å²) in [5.41, 5.74) is 0. The Morgan fingerprint density at radius 1 is 1.58 bits per heavy atom. The Morgan fingerprint density at radius 3 is 2.58 bits per heavy atom. The molecule has 0 aromatic carbocycles. The fraction of sp³-hybridized carbons (Fsp3) is 0.714. The van der Waals surface area contributed by atoms with E-state index in [0.717, 1.165) is 0 Å². The van der Waals surface area contributed by atoms with Crippen molar-refractivity contribution in [1.82, 2.24) is 10.2 Å². The Labute approximate surface area is 116 Å². The van der Waals surface area contributed by atoms with Gasteiger partial charge in [-0.25, -0.2) is 9.98 Å². The third-order valence-corrected chi connectivity index (χ3v) is 1.60. The molecule has 0 spiro atoms. The molecule has 1 heterocycles. The number of guanidine groups is 1. The van der Waals surface area contributed by atoms with Gasteiger partial charge in [0.15, 0.2) is 0 Å². The van der Waals surface area contributed by atoms with Crippen LogP contribution in [0.15, 0.2) is 9.98 Å². The summed E-state index contributed by atoms with van der Waals surface area (Å²) in [6.45, 7) is 4.94. The van der Waals surface area contributed by atoms with Crippen molar-refractivity contribution in [1.29, 1.82) is 0 Å². The summed E-state index contributed by atoms with van der Waals surface area (Å²) in [6.07, 6.45) is 1.82. The average Bonchev–Trinajstić information content (AvgIpc) is 2.05. The van der Waals surface area contributed by atoms with Crippen LogP contribution < -0.4 is 5.32 Å². The molecule has 0 bridgehead atoms. The zero-order valence-corrected chi connectivity index (χ0v) is 7.20. The Balaban J connectivity index is 0.00000121. The van der Waals surface area contributed by atoms with Crippen molar-refractivity contribution < 1.29 is 0 Å². The first-order valence-corrected chi connectivity index (χ1v) is 3.76. The zero-order chi connectivity index (χ0) is 8.27. The van der Waals surface area contributed by atoms with Crippen LogP contribution in [0.4, 0.5) is 0 Å². The number of hydrogen-bond acceptors (Lipinski definition) is 4. The van der Waals surface area contributed by atoms with Crippen molar-refractivity contribution in [2.75, 3.05) is 13.7 Å². The van der Waals surface area contributed by atoms with Gasteiger partial charge >= 0.3 is 51.4 Å². The van der Waals surface area contributed by atoms with Crippen LogP contribution in [0, 0.1) is 0 Å². The van der Waals surface area contributed by atoms with E-state index in [2.05, 4.69) is 34.0 Å². The molecule has 0 unspecified atom stereocenters. The first kappa shape index (κ1) is 12.6. The van der Waals surface area contributed by atoms with Gasteiger partial charge < -0.3 is 10.2 Å². The fourth-order valence-corrected chi connectivity index (χ4v) is 0.795. The molecule has 0 fully saturated rings. The van der Waals surface area contributed by atoms with Gasteiger partial charge in [-0.2, -0.15) is 0 Å². The molecule has 0 saturated carbocycles. The number of rotatable bonds is 1. The predicted molar refractivity (Wildman–Crippen MR) is 54.0 cm³/mol. The molecule has 5 heteroatoms. The molecule has 4 nitrogen and oxygen atoms in total. The van der Waals surface area contributed by atoms with E-state index in [0.29, 0.717) is 18.7 Å². The SMILES string of the molecule is CNC1=NCN(C(C)C)C=N1.[KH]. The molecule has 0 aromatic heterocycles. The molecule has 0 radical (unpaired) electrons. The van der Waals surface area contributed by atoms with E-state index in [1.165, 1.54) is 0 Å². The van der Waals surface area contributed by atoms with E-state index in [1.807, 2.05) is 13.4 Å². The molecule has 1 N–H and O–H groups in total. The Kier molecular flexibility index (Phi) is 6.39. The van der Waals surface area contributed by atoms with Gasteiger partial charge in [-0.3, -0.25) is 0 Å². The molecule has 0 atom stereocenters. The third kappa shape index (κ3) is 3.53. The molecule has 1 rings (SSSR count).